The van der Waals surface area contributed by atoms with Crippen molar-refractivity contribution in [1.29, 1.82) is 0 Å². The van der Waals surface area contributed by atoms with Crippen molar-refractivity contribution in [2.75, 3.05) is 18.6 Å². The lowest BCUT2D eigenvalue weighted by Crippen LogP contribution is -2.29. The van der Waals surface area contributed by atoms with E-state index in [1.54, 1.807) is 36.4 Å². The Morgan fingerprint density at radius 3 is 2.57 bits per heavy atom. The fourth-order valence-corrected chi connectivity index (χ4v) is 7.55. The van der Waals surface area contributed by atoms with Crippen LogP contribution in [0.1, 0.15) is 60.0 Å². The minimum absolute atomic E-state index is 0.0466. The third-order valence-corrected chi connectivity index (χ3v) is 10.3. The van der Waals surface area contributed by atoms with E-state index in [1.807, 2.05) is 32.0 Å². The summed E-state index contributed by atoms with van der Waals surface area (Å²) in [5.74, 6) is -0.411. The Kier molecular flexibility index (Phi) is 10.9. The summed E-state index contributed by atoms with van der Waals surface area (Å²) in [4.78, 5) is 28.8. The van der Waals surface area contributed by atoms with Gasteiger partial charge < -0.3 is 14.6 Å². The number of nitrogens with zero attached hydrogens (tertiary/aromatic N) is 3. The molecule has 12 heteroatoms. The molecule has 46 heavy (non-hydrogen) atoms. The molecule has 5 rings (SSSR count). The molecule has 1 atom stereocenters. The number of halogens is 2. The number of thioether (sulfide) groups is 1. The molecule has 1 aliphatic rings. The molecule has 1 fully saturated rings. The highest BCUT2D eigenvalue weighted by atomic mass is 35.5. The molecule has 0 spiro atoms. The standard InChI is InChI=1S/C34H33Cl2N3O5S2/c1-5-6-7-14-44-26-13-11-21(16-27(26)43-4)29-28(30(40)24-15-19(2)8-9-20(24)3)31(41)32(42)39(29)33-37-38-34(46-33)45-18-22-10-12-23(35)17-25(22)36/h8-13,15-17,29,40H,5-7,14,18H2,1-4H3. The third-order valence-electron chi connectivity index (χ3n) is 7.57. The summed E-state index contributed by atoms with van der Waals surface area (Å²) in [5.41, 5.74) is 3.49. The first-order valence-corrected chi connectivity index (χ1v) is 17.3. The summed E-state index contributed by atoms with van der Waals surface area (Å²) in [6.07, 6.45) is 3.01. The number of ether oxygens (including phenoxy) is 2. The predicted molar refractivity (Wildman–Crippen MR) is 185 cm³/mol. The van der Waals surface area contributed by atoms with Gasteiger partial charge in [-0.05, 0) is 67.3 Å². The second-order valence-corrected chi connectivity index (χ2v) is 13.9. The molecule has 0 bridgehead atoms. The van der Waals surface area contributed by atoms with Gasteiger partial charge in [0.1, 0.15) is 5.76 Å². The first kappa shape index (κ1) is 33.8. The maximum atomic E-state index is 13.8. The van der Waals surface area contributed by atoms with E-state index in [9.17, 15) is 14.7 Å². The van der Waals surface area contributed by atoms with E-state index in [2.05, 4.69) is 17.1 Å². The molecule has 4 aromatic rings. The van der Waals surface area contributed by atoms with Gasteiger partial charge in [-0.1, -0.05) is 95.9 Å². The number of hydrogen-bond acceptors (Lipinski definition) is 9. The van der Waals surface area contributed by atoms with Crippen molar-refractivity contribution in [3.05, 3.63) is 98.0 Å². The fraction of sp³-hybridized carbons (Fsp3) is 0.294. The average molecular weight is 699 g/mol. The van der Waals surface area contributed by atoms with E-state index in [0.717, 1.165) is 36.0 Å². The number of aliphatic hydroxyl groups is 1. The van der Waals surface area contributed by atoms with Gasteiger partial charge in [0.05, 0.1) is 25.3 Å². The molecule has 240 valence electrons. The lowest BCUT2D eigenvalue weighted by atomic mass is 9.93. The number of aromatic nitrogens is 2. The van der Waals surface area contributed by atoms with E-state index in [-0.39, 0.29) is 16.5 Å². The topological polar surface area (TPSA) is 102 Å². The Hall–Kier alpha value is -3.57. The van der Waals surface area contributed by atoms with Gasteiger partial charge in [-0.15, -0.1) is 10.2 Å². The number of rotatable bonds is 12. The number of benzene rings is 3. The highest BCUT2D eigenvalue weighted by Gasteiger charge is 2.48. The molecule has 0 saturated carbocycles. The lowest BCUT2D eigenvalue weighted by molar-refractivity contribution is -0.132. The second-order valence-electron chi connectivity index (χ2n) is 10.8. The van der Waals surface area contributed by atoms with E-state index >= 15 is 0 Å². The molecule has 1 N–H and O–H groups in total. The van der Waals surface area contributed by atoms with Crippen molar-refractivity contribution in [3.8, 4) is 11.5 Å². The Morgan fingerprint density at radius 2 is 1.83 bits per heavy atom. The SMILES string of the molecule is CCCCCOc1ccc(C2C(=C(O)c3cc(C)ccc3C)C(=O)C(=O)N2c2nnc(SCc3ccc(Cl)cc3Cl)s2)cc1OC. The van der Waals surface area contributed by atoms with Crippen LogP contribution in [0, 0.1) is 13.8 Å². The summed E-state index contributed by atoms with van der Waals surface area (Å²) in [6, 6.07) is 15.1. The highest BCUT2D eigenvalue weighted by molar-refractivity contribution is 8.00. The van der Waals surface area contributed by atoms with Gasteiger partial charge in [-0.3, -0.25) is 14.5 Å². The predicted octanol–water partition coefficient (Wildman–Crippen LogP) is 8.96. The summed E-state index contributed by atoms with van der Waals surface area (Å²) in [6.45, 7) is 6.39. The molecule has 3 aromatic carbocycles. The van der Waals surface area contributed by atoms with E-state index in [1.165, 1.54) is 35.1 Å². The normalized spacial score (nSPS) is 15.9. The highest BCUT2D eigenvalue weighted by Crippen LogP contribution is 2.46. The van der Waals surface area contributed by atoms with Crippen molar-refractivity contribution in [3.63, 3.8) is 0 Å². The number of carbonyl (C=O) groups excluding carboxylic acids is 2. The van der Waals surface area contributed by atoms with Gasteiger partial charge in [-0.25, -0.2) is 0 Å². The van der Waals surface area contributed by atoms with Crippen LogP contribution in [0.2, 0.25) is 10.0 Å². The van der Waals surface area contributed by atoms with Crippen LogP contribution in [0.25, 0.3) is 5.76 Å². The number of anilines is 1. The number of amides is 1. The van der Waals surface area contributed by atoms with Gasteiger partial charge in [0, 0.05) is 21.4 Å². The van der Waals surface area contributed by atoms with Gasteiger partial charge in [0.25, 0.3) is 5.78 Å². The summed E-state index contributed by atoms with van der Waals surface area (Å²) >= 11 is 15.0. The molecular formula is C34H33Cl2N3O5S2. The molecule has 8 nitrogen and oxygen atoms in total. The Labute approximate surface area is 286 Å². The van der Waals surface area contributed by atoms with Crippen LogP contribution in [0.4, 0.5) is 5.13 Å². The third kappa shape index (κ3) is 7.20. The number of methoxy groups -OCH3 is 1. The molecule has 1 aliphatic heterocycles. The Bertz CT molecular complexity index is 1810. The number of ketones is 1. The van der Waals surface area contributed by atoms with E-state index < -0.39 is 17.7 Å². The largest absolute Gasteiger partial charge is 0.507 e. The first-order chi connectivity index (χ1) is 22.1. The quantitative estimate of drug-likeness (QED) is 0.0391. The van der Waals surface area contributed by atoms with Gasteiger partial charge in [-0.2, -0.15) is 0 Å². The number of carbonyl (C=O) groups is 2. The average Bonchev–Trinajstić information content (AvgIpc) is 3.61. The molecule has 1 unspecified atom stereocenters. The molecule has 2 heterocycles. The van der Waals surface area contributed by atoms with Crippen LogP contribution < -0.4 is 14.4 Å². The first-order valence-electron chi connectivity index (χ1n) is 14.7. The summed E-state index contributed by atoms with van der Waals surface area (Å²) < 4.78 is 12.2. The van der Waals surface area contributed by atoms with Crippen LogP contribution >= 0.6 is 46.3 Å². The van der Waals surface area contributed by atoms with Crippen LogP contribution in [-0.2, 0) is 15.3 Å². The van der Waals surface area contributed by atoms with Crippen LogP contribution in [0.5, 0.6) is 11.5 Å². The van der Waals surface area contributed by atoms with Crippen molar-refractivity contribution in [1.82, 2.24) is 10.2 Å². The fourth-order valence-electron chi connectivity index (χ4n) is 5.13. The molecule has 0 aliphatic carbocycles. The molecule has 1 amide bonds. The summed E-state index contributed by atoms with van der Waals surface area (Å²) in [7, 11) is 1.53. The zero-order chi connectivity index (χ0) is 33.0. The molecule has 0 radical (unpaired) electrons. The number of hydrogen-bond donors (Lipinski definition) is 1. The number of aliphatic hydroxyl groups excluding tert-OH is 1. The number of unbranched alkanes of at least 4 members (excludes halogenated alkanes) is 2. The lowest BCUT2D eigenvalue weighted by Gasteiger charge is -2.23. The van der Waals surface area contributed by atoms with E-state index in [4.69, 9.17) is 32.7 Å². The van der Waals surface area contributed by atoms with E-state index in [0.29, 0.717) is 49.4 Å². The Balaban J connectivity index is 1.56. The van der Waals surface area contributed by atoms with Crippen LogP contribution in [0.15, 0.2) is 64.5 Å². The van der Waals surface area contributed by atoms with Crippen molar-refractivity contribution in [2.24, 2.45) is 0 Å². The zero-order valence-corrected chi connectivity index (χ0v) is 28.9. The summed E-state index contributed by atoms with van der Waals surface area (Å²) in [5, 5.41) is 21.6. The zero-order valence-electron chi connectivity index (χ0n) is 25.8. The monoisotopic (exact) mass is 697 g/mol. The minimum atomic E-state index is -1.00. The second kappa shape index (κ2) is 14.9. The van der Waals surface area contributed by atoms with Crippen molar-refractivity contribution >= 4 is 68.9 Å². The number of Topliss-reactive ketones (excluding diaryl/α,β-unsaturated/α-hetero) is 1. The maximum absolute atomic E-state index is 13.8. The van der Waals surface area contributed by atoms with Crippen LogP contribution in [0.3, 0.4) is 0 Å². The minimum Gasteiger partial charge on any atom is -0.507 e. The maximum Gasteiger partial charge on any atom is 0.301 e. The van der Waals surface area contributed by atoms with Crippen molar-refractivity contribution < 1.29 is 24.2 Å². The van der Waals surface area contributed by atoms with Crippen molar-refractivity contribution in [2.45, 2.75) is 56.2 Å². The van der Waals surface area contributed by atoms with Gasteiger partial charge in [0.2, 0.25) is 5.13 Å². The molecule has 1 saturated heterocycles. The smallest absolute Gasteiger partial charge is 0.301 e. The van der Waals surface area contributed by atoms with Gasteiger partial charge in [0.15, 0.2) is 15.8 Å². The van der Waals surface area contributed by atoms with Gasteiger partial charge >= 0.3 is 5.91 Å². The number of aryl methyl sites for hydroxylation is 2. The Morgan fingerprint density at radius 1 is 1.02 bits per heavy atom. The molecule has 1 aromatic heterocycles. The molecular weight excluding hydrogens is 665 g/mol. The van der Waals surface area contributed by atoms with Crippen LogP contribution in [-0.4, -0.2) is 40.7 Å².